The Morgan fingerprint density at radius 3 is 2.53 bits per heavy atom. The summed E-state index contributed by atoms with van der Waals surface area (Å²) < 4.78 is 0. The van der Waals surface area contributed by atoms with E-state index in [2.05, 4.69) is 0 Å². The number of aliphatic hydroxyl groups is 3. The Kier molecular flexibility index (Phi) is 4.00. The number of nitro groups is 1. The Labute approximate surface area is 97.3 Å². The lowest BCUT2D eigenvalue weighted by molar-refractivity contribution is -0.384. The van der Waals surface area contributed by atoms with E-state index in [1.54, 1.807) is 6.92 Å². The maximum Gasteiger partial charge on any atom is 0.292 e. The number of aliphatic hydroxyl groups excluding tert-OH is 3. The number of anilines is 1. The van der Waals surface area contributed by atoms with Gasteiger partial charge in [-0.25, -0.2) is 0 Å². The monoisotopic (exact) mass is 242 g/mol. The first-order valence-electron chi connectivity index (χ1n) is 4.90. The van der Waals surface area contributed by atoms with Gasteiger partial charge in [0, 0.05) is 6.07 Å². The smallest absolute Gasteiger partial charge is 0.292 e. The van der Waals surface area contributed by atoms with Crippen molar-refractivity contribution >= 4 is 11.4 Å². The van der Waals surface area contributed by atoms with E-state index in [0.29, 0.717) is 5.56 Å². The number of nitrogens with two attached hydrogens (primary N) is 1. The van der Waals surface area contributed by atoms with Crippen LogP contribution in [0, 0.1) is 17.0 Å². The summed E-state index contributed by atoms with van der Waals surface area (Å²) in [5.74, 6) is 0. The molecule has 7 heteroatoms. The molecule has 0 saturated heterocycles. The molecule has 0 saturated carbocycles. The molecule has 94 valence electrons. The van der Waals surface area contributed by atoms with E-state index in [9.17, 15) is 20.3 Å². The summed E-state index contributed by atoms with van der Waals surface area (Å²) in [5.41, 5.74) is 5.79. The molecule has 0 radical (unpaired) electrons. The van der Waals surface area contributed by atoms with Crippen LogP contribution in [-0.4, -0.2) is 33.0 Å². The normalized spacial score (nSPS) is 14.4. The Balaban J connectivity index is 3.23. The van der Waals surface area contributed by atoms with Crippen molar-refractivity contribution in [2.24, 2.45) is 0 Å². The van der Waals surface area contributed by atoms with Crippen molar-refractivity contribution in [3.63, 3.8) is 0 Å². The number of benzene rings is 1. The zero-order chi connectivity index (χ0) is 13.2. The zero-order valence-corrected chi connectivity index (χ0v) is 9.20. The number of nitrogen functional groups attached to an aromatic ring is 1. The highest BCUT2D eigenvalue weighted by atomic mass is 16.6. The lowest BCUT2D eigenvalue weighted by Gasteiger charge is -2.16. The van der Waals surface area contributed by atoms with Gasteiger partial charge in [-0.3, -0.25) is 10.1 Å². The molecule has 0 aliphatic heterocycles. The van der Waals surface area contributed by atoms with Crippen LogP contribution in [0.3, 0.4) is 0 Å². The first kappa shape index (κ1) is 13.4. The summed E-state index contributed by atoms with van der Waals surface area (Å²) in [6.07, 6.45) is -2.78. The van der Waals surface area contributed by atoms with Gasteiger partial charge in [0.1, 0.15) is 17.9 Å². The fourth-order valence-electron chi connectivity index (χ4n) is 1.45. The molecule has 0 bridgehead atoms. The van der Waals surface area contributed by atoms with Gasteiger partial charge in [-0.15, -0.1) is 0 Å². The topological polar surface area (TPSA) is 130 Å². The second-order valence-electron chi connectivity index (χ2n) is 3.72. The quantitative estimate of drug-likeness (QED) is 0.330. The standard InChI is InChI=1S/C10H14N2O5/c1-5-2-6(10(15)8(14)4-13)3-7(9(5)11)12(16)17/h2-3,8,10,13-15H,4,11H2,1H3. The van der Waals surface area contributed by atoms with Crippen LogP contribution in [0.1, 0.15) is 17.2 Å². The molecule has 0 spiro atoms. The molecule has 17 heavy (non-hydrogen) atoms. The number of nitro benzene ring substituents is 1. The van der Waals surface area contributed by atoms with E-state index in [4.69, 9.17) is 10.8 Å². The molecule has 2 atom stereocenters. The number of nitrogens with zero attached hydrogens (tertiary/aromatic N) is 1. The van der Waals surface area contributed by atoms with Gasteiger partial charge in [0.2, 0.25) is 0 Å². The minimum Gasteiger partial charge on any atom is -0.394 e. The first-order valence-corrected chi connectivity index (χ1v) is 4.90. The van der Waals surface area contributed by atoms with Gasteiger partial charge in [0.25, 0.3) is 5.69 Å². The van der Waals surface area contributed by atoms with E-state index < -0.39 is 23.7 Å². The summed E-state index contributed by atoms with van der Waals surface area (Å²) in [4.78, 5) is 10.1. The molecule has 5 N–H and O–H groups in total. The molecule has 0 amide bonds. The second kappa shape index (κ2) is 5.09. The third-order valence-corrected chi connectivity index (χ3v) is 2.48. The van der Waals surface area contributed by atoms with Crippen molar-refractivity contribution in [3.8, 4) is 0 Å². The predicted octanol–water partition coefficient (Wildman–Crippen LogP) is -0.128. The average Bonchev–Trinajstić information content (AvgIpc) is 2.30. The average molecular weight is 242 g/mol. The summed E-state index contributed by atoms with van der Waals surface area (Å²) in [7, 11) is 0. The summed E-state index contributed by atoms with van der Waals surface area (Å²) in [6, 6.07) is 2.53. The predicted molar refractivity (Wildman–Crippen MR) is 60.3 cm³/mol. The molecule has 7 nitrogen and oxygen atoms in total. The minimum atomic E-state index is -1.39. The van der Waals surface area contributed by atoms with Crippen molar-refractivity contribution in [2.75, 3.05) is 12.3 Å². The van der Waals surface area contributed by atoms with Crippen LogP contribution >= 0.6 is 0 Å². The van der Waals surface area contributed by atoms with Gasteiger partial charge in [0.15, 0.2) is 0 Å². The van der Waals surface area contributed by atoms with E-state index >= 15 is 0 Å². The van der Waals surface area contributed by atoms with E-state index in [-0.39, 0.29) is 16.9 Å². The van der Waals surface area contributed by atoms with Crippen molar-refractivity contribution in [3.05, 3.63) is 33.4 Å². The third-order valence-electron chi connectivity index (χ3n) is 2.48. The lowest BCUT2D eigenvalue weighted by atomic mass is 10.0. The van der Waals surface area contributed by atoms with Crippen LogP contribution in [0.2, 0.25) is 0 Å². The van der Waals surface area contributed by atoms with Crippen LogP contribution in [0.25, 0.3) is 0 Å². The number of rotatable bonds is 4. The van der Waals surface area contributed by atoms with Crippen molar-refractivity contribution in [1.29, 1.82) is 0 Å². The molecule has 1 aromatic rings. The molecular weight excluding hydrogens is 228 g/mol. The maximum atomic E-state index is 10.7. The number of hydrogen-bond donors (Lipinski definition) is 4. The fourth-order valence-corrected chi connectivity index (χ4v) is 1.45. The zero-order valence-electron chi connectivity index (χ0n) is 9.20. The van der Waals surface area contributed by atoms with Crippen molar-refractivity contribution in [2.45, 2.75) is 19.1 Å². The van der Waals surface area contributed by atoms with Crippen LogP contribution < -0.4 is 5.73 Å². The SMILES string of the molecule is Cc1cc(C(O)C(O)CO)cc([N+](=O)[O-])c1N. The van der Waals surface area contributed by atoms with Gasteiger partial charge in [-0.2, -0.15) is 0 Å². The highest BCUT2D eigenvalue weighted by Crippen LogP contribution is 2.30. The Bertz CT molecular complexity index is 435. The van der Waals surface area contributed by atoms with Gasteiger partial charge in [0.05, 0.1) is 11.5 Å². The molecule has 0 aliphatic rings. The summed E-state index contributed by atoms with van der Waals surface area (Å²) in [6.45, 7) is 0.919. The summed E-state index contributed by atoms with van der Waals surface area (Å²) in [5, 5.41) is 38.3. The van der Waals surface area contributed by atoms with Crippen LogP contribution in [0.4, 0.5) is 11.4 Å². The Hall–Kier alpha value is -1.70. The Morgan fingerprint density at radius 1 is 1.47 bits per heavy atom. The molecular formula is C10H14N2O5. The number of aryl methyl sites for hydroxylation is 1. The van der Waals surface area contributed by atoms with Gasteiger partial charge in [-0.05, 0) is 18.1 Å². The largest absolute Gasteiger partial charge is 0.394 e. The lowest BCUT2D eigenvalue weighted by Crippen LogP contribution is -2.22. The van der Waals surface area contributed by atoms with Crippen LogP contribution in [0.15, 0.2) is 12.1 Å². The van der Waals surface area contributed by atoms with Gasteiger partial charge < -0.3 is 21.1 Å². The Morgan fingerprint density at radius 2 is 2.06 bits per heavy atom. The molecule has 0 heterocycles. The maximum absolute atomic E-state index is 10.7. The second-order valence-corrected chi connectivity index (χ2v) is 3.72. The molecule has 0 aliphatic carbocycles. The van der Waals surface area contributed by atoms with Gasteiger partial charge >= 0.3 is 0 Å². The highest BCUT2D eigenvalue weighted by molar-refractivity contribution is 5.64. The molecule has 0 fully saturated rings. The van der Waals surface area contributed by atoms with Crippen molar-refractivity contribution < 1.29 is 20.2 Å². The summed E-state index contributed by atoms with van der Waals surface area (Å²) >= 11 is 0. The van der Waals surface area contributed by atoms with E-state index in [1.807, 2.05) is 0 Å². The molecule has 0 aromatic heterocycles. The van der Waals surface area contributed by atoms with Crippen LogP contribution in [-0.2, 0) is 0 Å². The van der Waals surface area contributed by atoms with Crippen LogP contribution in [0.5, 0.6) is 0 Å². The molecule has 1 aromatic carbocycles. The third kappa shape index (κ3) is 2.70. The van der Waals surface area contributed by atoms with E-state index in [0.717, 1.165) is 6.07 Å². The molecule has 1 rings (SSSR count). The minimum absolute atomic E-state index is 0.0180. The fraction of sp³-hybridized carbons (Fsp3) is 0.400. The molecule has 2 unspecified atom stereocenters. The van der Waals surface area contributed by atoms with Gasteiger partial charge in [-0.1, -0.05) is 6.07 Å². The highest BCUT2D eigenvalue weighted by Gasteiger charge is 2.22. The number of hydrogen-bond acceptors (Lipinski definition) is 6. The first-order chi connectivity index (χ1) is 7.88. The van der Waals surface area contributed by atoms with E-state index in [1.165, 1.54) is 6.07 Å². The van der Waals surface area contributed by atoms with Crippen molar-refractivity contribution in [1.82, 2.24) is 0 Å².